The molecule has 44 valence electrons. The monoisotopic (exact) mass is 167 g/mol. The van der Waals surface area contributed by atoms with Crippen molar-refractivity contribution < 1.29 is 4.84 Å². The molecular weight excluding hydrogens is 158 g/mol. The topological polar surface area (TPSA) is 35.2 Å². The SMILES string of the molecule is CC(Br)CCON. The summed E-state index contributed by atoms with van der Waals surface area (Å²) in [7, 11) is 0. The smallest absolute Gasteiger partial charge is 0.0689 e. The molecule has 0 saturated heterocycles. The second-order valence-corrected chi connectivity index (χ2v) is 3.00. The molecule has 0 aliphatic heterocycles. The van der Waals surface area contributed by atoms with Crippen molar-refractivity contribution in [2.24, 2.45) is 5.90 Å². The van der Waals surface area contributed by atoms with Gasteiger partial charge in [-0.2, -0.15) is 0 Å². The van der Waals surface area contributed by atoms with Crippen molar-refractivity contribution in [1.29, 1.82) is 0 Å². The zero-order valence-corrected chi connectivity index (χ0v) is 5.94. The van der Waals surface area contributed by atoms with Crippen molar-refractivity contribution in [3.8, 4) is 0 Å². The molecule has 0 radical (unpaired) electrons. The molecule has 0 fully saturated rings. The molecule has 0 aliphatic carbocycles. The van der Waals surface area contributed by atoms with E-state index in [9.17, 15) is 0 Å². The van der Waals surface area contributed by atoms with Crippen LogP contribution in [0.4, 0.5) is 0 Å². The molecule has 0 heterocycles. The Morgan fingerprint density at radius 2 is 2.43 bits per heavy atom. The predicted molar refractivity (Wildman–Crippen MR) is 33.1 cm³/mol. The molecule has 0 saturated carbocycles. The zero-order valence-electron chi connectivity index (χ0n) is 4.36. The van der Waals surface area contributed by atoms with Gasteiger partial charge in [-0.25, -0.2) is 5.90 Å². The first-order valence-corrected chi connectivity index (χ1v) is 3.14. The van der Waals surface area contributed by atoms with Crippen LogP contribution in [0, 0.1) is 0 Å². The van der Waals surface area contributed by atoms with Gasteiger partial charge in [0.15, 0.2) is 0 Å². The third-order valence-corrected chi connectivity index (χ3v) is 1.09. The second kappa shape index (κ2) is 4.56. The van der Waals surface area contributed by atoms with Gasteiger partial charge in [0.2, 0.25) is 0 Å². The molecule has 0 amide bonds. The van der Waals surface area contributed by atoms with E-state index >= 15 is 0 Å². The van der Waals surface area contributed by atoms with Crippen LogP contribution in [-0.4, -0.2) is 11.4 Å². The summed E-state index contributed by atoms with van der Waals surface area (Å²) in [5.74, 6) is 4.76. The van der Waals surface area contributed by atoms with Crippen LogP contribution in [-0.2, 0) is 4.84 Å². The molecule has 0 aliphatic rings. The minimum Gasteiger partial charge on any atom is -0.305 e. The molecule has 0 aromatic carbocycles. The summed E-state index contributed by atoms with van der Waals surface area (Å²) in [6, 6.07) is 0. The number of alkyl halides is 1. The summed E-state index contributed by atoms with van der Waals surface area (Å²) in [6.45, 7) is 2.69. The first-order chi connectivity index (χ1) is 3.27. The quantitative estimate of drug-likeness (QED) is 0.504. The first kappa shape index (κ1) is 7.40. The minimum atomic E-state index is 0.510. The second-order valence-electron chi connectivity index (χ2n) is 1.44. The van der Waals surface area contributed by atoms with Crippen LogP contribution in [0.5, 0.6) is 0 Å². The lowest BCUT2D eigenvalue weighted by Crippen LogP contribution is -2.04. The predicted octanol–water partition coefficient (Wildman–Crippen LogP) is 1.05. The van der Waals surface area contributed by atoms with E-state index in [-0.39, 0.29) is 0 Å². The highest BCUT2D eigenvalue weighted by Crippen LogP contribution is 2.00. The fraction of sp³-hybridized carbons (Fsp3) is 1.00. The summed E-state index contributed by atoms with van der Waals surface area (Å²) in [4.78, 5) is 4.83. The number of rotatable bonds is 3. The molecule has 2 nitrogen and oxygen atoms in total. The van der Waals surface area contributed by atoms with Crippen LogP contribution >= 0.6 is 15.9 Å². The maximum Gasteiger partial charge on any atom is 0.0689 e. The summed E-state index contributed by atoms with van der Waals surface area (Å²) >= 11 is 3.34. The van der Waals surface area contributed by atoms with E-state index in [0.717, 1.165) is 6.42 Å². The van der Waals surface area contributed by atoms with E-state index in [0.29, 0.717) is 11.4 Å². The van der Waals surface area contributed by atoms with Crippen LogP contribution in [0.3, 0.4) is 0 Å². The molecule has 0 bridgehead atoms. The highest BCUT2D eigenvalue weighted by atomic mass is 79.9. The fourth-order valence-corrected chi connectivity index (χ4v) is 0.417. The maximum atomic E-state index is 4.76. The third kappa shape index (κ3) is 6.40. The number of hydrogen-bond donors (Lipinski definition) is 1. The van der Waals surface area contributed by atoms with Crippen molar-refractivity contribution in [1.82, 2.24) is 0 Å². The third-order valence-electron chi connectivity index (χ3n) is 0.633. The van der Waals surface area contributed by atoms with Gasteiger partial charge in [0, 0.05) is 4.83 Å². The average Bonchev–Trinajstić information content (AvgIpc) is 1.61. The van der Waals surface area contributed by atoms with Gasteiger partial charge in [-0.1, -0.05) is 22.9 Å². The lowest BCUT2D eigenvalue weighted by Gasteiger charge is -1.97. The van der Waals surface area contributed by atoms with Crippen molar-refractivity contribution in [3.05, 3.63) is 0 Å². The largest absolute Gasteiger partial charge is 0.305 e. The van der Waals surface area contributed by atoms with E-state index in [1.165, 1.54) is 0 Å². The Bertz CT molecular complexity index is 40.7. The van der Waals surface area contributed by atoms with E-state index < -0.39 is 0 Å². The van der Waals surface area contributed by atoms with Crippen LogP contribution in [0.1, 0.15) is 13.3 Å². The Hall–Kier alpha value is 0.400. The highest BCUT2D eigenvalue weighted by Gasteiger charge is 1.91. The van der Waals surface area contributed by atoms with Gasteiger partial charge in [-0.3, -0.25) is 0 Å². The van der Waals surface area contributed by atoms with E-state index in [1.54, 1.807) is 0 Å². The van der Waals surface area contributed by atoms with E-state index in [4.69, 9.17) is 5.90 Å². The molecule has 1 unspecified atom stereocenters. The van der Waals surface area contributed by atoms with Gasteiger partial charge in [0.05, 0.1) is 6.61 Å². The Morgan fingerprint density at radius 3 is 2.57 bits per heavy atom. The van der Waals surface area contributed by atoms with E-state index in [1.807, 2.05) is 0 Å². The summed E-state index contributed by atoms with van der Waals surface area (Å²) in [5, 5.41) is 0. The summed E-state index contributed by atoms with van der Waals surface area (Å²) in [6.07, 6.45) is 0.969. The Labute approximate surface area is 52.1 Å². The van der Waals surface area contributed by atoms with Crippen LogP contribution in [0.2, 0.25) is 0 Å². The summed E-state index contributed by atoms with van der Waals surface area (Å²) in [5.41, 5.74) is 0. The Morgan fingerprint density at radius 1 is 1.86 bits per heavy atom. The fourth-order valence-electron chi connectivity index (χ4n) is 0.230. The molecule has 0 rings (SSSR count). The van der Waals surface area contributed by atoms with Gasteiger partial charge in [0.1, 0.15) is 0 Å². The number of nitrogens with two attached hydrogens (primary N) is 1. The molecule has 0 spiro atoms. The van der Waals surface area contributed by atoms with Crippen molar-refractivity contribution in [2.45, 2.75) is 18.2 Å². The van der Waals surface area contributed by atoms with E-state index in [2.05, 4.69) is 27.7 Å². The lowest BCUT2D eigenvalue weighted by atomic mass is 10.4. The van der Waals surface area contributed by atoms with Gasteiger partial charge in [-0.05, 0) is 6.42 Å². The normalized spacial score (nSPS) is 14.1. The van der Waals surface area contributed by atoms with Gasteiger partial charge in [0.25, 0.3) is 0 Å². The molecular formula is C4H10BrNO. The standard InChI is InChI=1S/C4H10BrNO/c1-4(5)2-3-7-6/h4H,2-3,6H2,1H3. The average molecular weight is 168 g/mol. The first-order valence-electron chi connectivity index (χ1n) is 2.23. The number of halogens is 1. The molecule has 0 aromatic heterocycles. The van der Waals surface area contributed by atoms with Gasteiger partial charge >= 0.3 is 0 Å². The van der Waals surface area contributed by atoms with Crippen molar-refractivity contribution in [2.75, 3.05) is 6.61 Å². The van der Waals surface area contributed by atoms with Crippen molar-refractivity contribution >= 4 is 15.9 Å². The molecule has 1 atom stereocenters. The Balaban J connectivity index is 2.68. The van der Waals surface area contributed by atoms with Gasteiger partial charge in [-0.15, -0.1) is 0 Å². The molecule has 7 heavy (non-hydrogen) atoms. The molecule has 2 N–H and O–H groups in total. The van der Waals surface area contributed by atoms with Crippen molar-refractivity contribution in [3.63, 3.8) is 0 Å². The molecule has 3 heteroatoms. The highest BCUT2D eigenvalue weighted by molar-refractivity contribution is 9.09. The lowest BCUT2D eigenvalue weighted by molar-refractivity contribution is 0.136. The van der Waals surface area contributed by atoms with Crippen LogP contribution in [0.25, 0.3) is 0 Å². The van der Waals surface area contributed by atoms with Crippen LogP contribution < -0.4 is 5.90 Å². The van der Waals surface area contributed by atoms with Crippen LogP contribution in [0.15, 0.2) is 0 Å². The zero-order chi connectivity index (χ0) is 5.70. The maximum absolute atomic E-state index is 4.76. The number of hydrogen-bond acceptors (Lipinski definition) is 2. The van der Waals surface area contributed by atoms with Gasteiger partial charge < -0.3 is 4.84 Å². The Kier molecular flexibility index (Phi) is 4.82. The minimum absolute atomic E-state index is 0.510. The summed E-state index contributed by atoms with van der Waals surface area (Å²) < 4.78 is 0. The molecule has 0 aromatic rings.